The van der Waals surface area contributed by atoms with E-state index < -0.39 is 0 Å². The Balaban J connectivity index is 0.00000324. The van der Waals surface area contributed by atoms with E-state index in [1.807, 2.05) is 4.57 Å². The van der Waals surface area contributed by atoms with Crippen molar-refractivity contribution in [2.75, 3.05) is 13.1 Å². The summed E-state index contributed by atoms with van der Waals surface area (Å²) in [5.74, 6) is 1.87. The molecule has 1 rings (SSSR count). The first-order valence-corrected chi connectivity index (χ1v) is 6.58. The number of nitrogens with one attached hydrogen (secondary N) is 2. The van der Waals surface area contributed by atoms with Crippen LogP contribution in [0.5, 0.6) is 0 Å². The topological polar surface area (TPSA) is 67.1 Å². The van der Waals surface area contributed by atoms with Crippen molar-refractivity contribution in [1.29, 1.82) is 0 Å². The fourth-order valence-corrected chi connectivity index (χ4v) is 1.60. The number of aryl methyl sites for hydroxylation is 1. The molecule has 19 heavy (non-hydrogen) atoms. The van der Waals surface area contributed by atoms with Crippen LogP contribution >= 0.6 is 24.0 Å². The molecule has 0 radical (unpaired) electrons. The van der Waals surface area contributed by atoms with E-state index in [1.54, 1.807) is 6.33 Å². The van der Waals surface area contributed by atoms with Crippen LogP contribution in [-0.2, 0) is 13.0 Å². The predicted molar refractivity (Wildman–Crippen MR) is 89.1 cm³/mol. The molecular formula is C12H25IN6. The Kier molecular flexibility index (Phi) is 9.54. The van der Waals surface area contributed by atoms with Crippen LogP contribution in [0.25, 0.3) is 0 Å². The molecule has 0 atom stereocenters. The Morgan fingerprint density at radius 1 is 1.42 bits per heavy atom. The highest BCUT2D eigenvalue weighted by Crippen LogP contribution is 1.95. The molecule has 1 aromatic heterocycles. The van der Waals surface area contributed by atoms with Crippen LogP contribution < -0.4 is 10.6 Å². The third-order valence-corrected chi connectivity index (χ3v) is 2.39. The van der Waals surface area contributed by atoms with Crippen molar-refractivity contribution in [3.63, 3.8) is 0 Å². The number of hydrogen-bond acceptors (Lipinski definition) is 3. The second kappa shape index (κ2) is 9.99. The molecule has 1 aromatic rings. The second-order valence-corrected chi connectivity index (χ2v) is 4.35. The minimum absolute atomic E-state index is 0. The summed E-state index contributed by atoms with van der Waals surface area (Å²) in [5.41, 5.74) is 0. The Labute approximate surface area is 132 Å². The first-order chi connectivity index (χ1) is 8.67. The summed E-state index contributed by atoms with van der Waals surface area (Å²) < 4.78 is 2.04. The van der Waals surface area contributed by atoms with E-state index in [4.69, 9.17) is 0 Å². The van der Waals surface area contributed by atoms with E-state index in [-0.39, 0.29) is 24.0 Å². The summed E-state index contributed by atoms with van der Waals surface area (Å²) in [4.78, 5) is 4.52. The summed E-state index contributed by atoms with van der Waals surface area (Å²) in [7, 11) is 0. The molecule has 0 spiro atoms. The van der Waals surface area contributed by atoms with E-state index in [9.17, 15) is 0 Å². The van der Waals surface area contributed by atoms with E-state index in [1.165, 1.54) is 0 Å². The van der Waals surface area contributed by atoms with Crippen molar-refractivity contribution >= 4 is 29.9 Å². The lowest BCUT2D eigenvalue weighted by molar-refractivity contribution is 0.653. The van der Waals surface area contributed by atoms with Crippen molar-refractivity contribution in [1.82, 2.24) is 25.4 Å². The zero-order chi connectivity index (χ0) is 13.4. The molecule has 0 aromatic carbocycles. The highest BCUT2D eigenvalue weighted by Gasteiger charge is 2.02. The molecule has 110 valence electrons. The van der Waals surface area contributed by atoms with Gasteiger partial charge in [-0.1, -0.05) is 6.92 Å². The molecular weight excluding hydrogens is 355 g/mol. The number of aromatic nitrogens is 3. The van der Waals surface area contributed by atoms with Gasteiger partial charge in [0.15, 0.2) is 5.96 Å². The Morgan fingerprint density at radius 2 is 2.16 bits per heavy atom. The SMILES string of the molecule is CCNC(=NCCn1cnnc1CC)NC(C)C.I. The van der Waals surface area contributed by atoms with E-state index in [0.29, 0.717) is 12.6 Å². The summed E-state index contributed by atoms with van der Waals surface area (Å²) in [5, 5.41) is 14.5. The highest BCUT2D eigenvalue weighted by atomic mass is 127. The first-order valence-electron chi connectivity index (χ1n) is 6.58. The average molecular weight is 380 g/mol. The lowest BCUT2D eigenvalue weighted by Crippen LogP contribution is -2.41. The van der Waals surface area contributed by atoms with Crippen LogP contribution in [-0.4, -0.2) is 39.9 Å². The van der Waals surface area contributed by atoms with Crippen molar-refractivity contribution in [2.45, 2.75) is 46.7 Å². The zero-order valence-electron chi connectivity index (χ0n) is 12.2. The van der Waals surface area contributed by atoms with Gasteiger partial charge in [0.05, 0.1) is 6.54 Å². The highest BCUT2D eigenvalue weighted by molar-refractivity contribution is 14.0. The van der Waals surface area contributed by atoms with Crippen LogP contribution in [0.2, 0.25) is 0 Å². The minimum Gasteiger partial charge on any atom is -0.357 e. The fraction of sp³-hybridized carbons (Fsp3) is 0.750. The molecule has 0 aliphatic rings. The number of guanidine groups is 1. The molecule has 0 bridgehead atoms. The molecule has 1 heterocycles. The van der Waals surface area contributed by atoms with Crippen LogP contribution in [0.4, 0.5) is 0 Å². The van der Waals surface area contributed by atoms with Gasteiger partial charge in [-0.05, 0) is 20.8 Å². The van der Waals surface area contributed by atoms with E-state index in [0.717, 1.165) is 31.3 Å². The van der Waals surface area contributed by atoms with Gasteiger partial charge in [-0.15, -0.1) is 34.2 Å². The second-order valence-electron chi connectivity index (χ2n) is 4.35. The van der Waals surface area contributed by atoms with Crippen LogP contribution in [0, 0.1) is 0 Å². The smallest absolute Gasteiger partial charge is 0.191 e. The Bertz CT molecular complexity index is 374. The lowest BCUT2D eigenvalue weighted by atomic mass is 10.4. The molecule has 2 N–H and O–H groups in total. The van der Waals surface area contributed by atoms with Gasteiger partial charge in [0.25, 0.3) is 0 Å². The zero-order valence-corrected chi connectivity index (χ0v) is 14.5. The maximum absolute atomic E-state index is 4.52. The summed E-state index contributed by atoms with van der Waals surface area (Å²) >= 11 is 0. The fourth-order valence-electron chi connectivity index (χ4n) is 1.60. The standard InChI is InChI=1S/C12H24N6.HI/c1-5-11-17-15-9-18(11)8-7-14-12(13-6-2)16-10(3)4;/h9-10H,5-8H2,1-4H3,(H2,13,14,16);1H. The molecule has 0 saturated heterocycles. The number of nitrogens with zero attached hydrogens (tertiary/aromatic N) is 4. The first kappa shape index (κ1) is 18.1. The monoisotopic (exact) mass is 380 g/mol. The van der Waals surface area contributed by atoms with Crippen molar-refractivity contribution in [3.8, 4) is 0 Å². The van der Waals surface area contributed by atoms with Crippen LogP contribution in [0.3, 0.4) is 0 Å². The molecule has 0 unspecified atom stereocenters. The Hall–Kier alpha value is -0.860. The maximum Gasteiger partial charge on any atom is 0.191 e. The summed E-state index contributed by atoms with van der Waals surface area (Å²) in [6, 6.07) is 0.379. The number of aliphatic imine (C=N–C) groups is 1. The van der Waals surface area contributed by atoms with Crippen LogP contribution in [0.1, 0.15) is 33.5 Å². The van der Waals surface area contributed by atoms with Crippen molar-refractivity contribution < 1.29 is 0 Å². The number of hydrogen-bond donors (Lipinski definition) is 2. The average Bonchev–Trinajstić information content (AvgIpc) is 2.76. The molecule has 0 aliphatic carbocycles. The normalized spacial score (nSPS) is 11.3. The van der Waals surface area contributed by atoms with Crippen molar-refractivity contribution in [3.05, 3.63) is 12.2 Å². The van der Waals surface area contributed by atoms with Gasteiger partial charge in [-0.3, -0.25) is 4.99 Å². The maximum atomic E-state index is 4.52. The van der Waals surface area contributed by atoms with E-state index in [2.05, 4.69) is 53.5 Å². The predicted octanol–water partition coefficient (Wildman–Crippen LogP) is 1.42. The molecule has 0 amide bonds. The largest absolute Gasteiger partial charge is 0.357 e. The number of rotatable bonds is 6. The quantitative estimate of drug-likeness (QED) is 0.445. The van der Waals surface area contributed by atoms with Gasteiger partial charge in [0.1, 0.15) is 12.2 Å². The summed E-state index contributed by atoms with van der Waals surface area (Å²) in [6.45, 7) is 10.7. The van der Waals surface area contributed by atoms with Gasteiger partial charge in [0.2, 0.25) is 0 Å². The van der Waals surface area contributed by atoms with Crippen molar-refractivity contribution in [2.24, 2.45) is 4.99 Å². The van der Waals surface area contributed by atoms with Gasteiger partial charge in [-0.25, -0.2) is 0 Å². The van der Waals surface area contributed by atoms with E-state index >= 15 is 0 Å². The molecule has 0 fully saturated rings. The molecule has 0 saturated carbocycles. The summed E-state index contributed by atoms with van der Waals surface area (Å²) in [6.07, 6.45) is 2.66. The van der Waals surface area contributed by atoms with Crippen LogP contribution in [0.15, 0.2) is 11.3 Å². The minimum atomic E-state index is 0. The molecule has 0 aliphatic heterocycles. The van der Waals surface area contributed by atoms with Gasteiger partial charge in [-0.2, -0.15) is 0 Å². The number of halogens is 1. The third kappa shape index (κ3) is 6.74. The molecule has 6 nitrogen and oxygen atoms in total. The van der Waals surface area contributed by atoms with Gasteiger partial charge >= 0.3 is 0 Å². The lowest BCUT2D eigenvalue weighted by Gasteiger charge is -2.14. The Morgan fingerprint density at radius 3 is 2.74 bits per heavy atom. The third-order valence-electron chi connectivity index (χ3n) is 2.39. The van der Waals surface area contributed by atoms with Gasteiger partial charge < -0.3 is 15.2 Å². The molecule has 7 heteroatoms. The van der Waals surface area contributed by atoms with Gasteiger partial charge in [0, 0.05) is 25.6 Å².